The first-order chi connectivity index (χ1) is 11.6. The van der Waals surface area contributed by atoms with E-state index in [0.717, 1.165) is 10.0 Å². The lowest BCUT2D eigenvalue weighted by Gasteiger charge is -2.24. The quantitative estimate of drug-likeness (QED) is 0.768. The Morgan fingerprint density at radius 3 is 2.28 bits per heavy atom. The van der Waals surface area contributed by atoms with Gasteiger partial charge in [-0.1, -0.05) is 41.1 Å². The molecular weight excluding hydrogens is 404 g/mol. The van der Waals surface area contributed by atoms with Gasteiger partial charge in [-0.25, -0.2) is 13.6 Å². The van der Waals surface area contributed by atoms with E-state index in [-0.39, 0.29) is 10.8 Å². The number of primary sulfonamides is 1. The minimum atomic E-state index is -3.85. The first-order valence-electron chi connectivity index (χ1n) is 7.79. The standard InChI is InChI=1S/C18H21BrN2O3S/c1-4-12-5-10-15(11-16(12)25(20,23)24)21-17(22)18(2,3)13-6-8-14(19)9-7-13/h5-11H,4H2,1-3H3,(H,21,22)(H2,20,23,24). The van der Waals surface area contributed by atoms with Crippen molar-refractivity contribution in [1.82, 2.24) is 0 Å². The van der Waals surface area contributed by atoms with Crippen LogP contribution in [0.15, 0.2) is 51.8 Å². The van der Waals surface area contributed by atoms with Gasteiger partial charge in [-0.3, -0.25) is 4.79 Å². The second kappa shape index (κ2) is 7.27. The van der Waals surface area contributed by atoms with Gasteiger partial charge in [0.1, 0.15) is 0 Å². The number of rotatable bonds is 5. The summed E-state index contributed by atoms with van der Waals surface area (Å²) in [6.45, 7) is 5.47. The van der Waals surface area contributed by atoms with E-state index >= 15 is 0 Å². The second-order valence-electron chi connectivity index (χ2n) is 6.31. The zero-order valence-corrected chi connectivity index (χ0v) is 16.7. The van der Waals surface area contributed by atoms with Crippen LogP contribution in [0, 0.1) is 0 Å². The fourth-order valence-corrected chi connectivity index (χ4v) is 3.61. The average Bonchev–Trinajstić information content (AvgIpc) is 2.54. The van der Waals surface area contributed by atoms with Crippen LogP contribution >= 0.6 is 15.9 Å². The molecule has 0 aliphatic heterocycles. The smallest absolute Gasteiger partial charge is 0.238 e. The maximum atomic E-state index is 12.7. The summed E-state index contributed by atoms with van der Waals surface area (Å²) in [5.41, 5.74) is 1.08. The fourth-order valence-electron chi connectivity index (χ4n) is 2.47. The highest BCUT2D eigenvalue weighted by Gasteiger charge is 2.30. The van der Waals surface area contributed by atoms with Gasteiger partial charge in [0.15, 0.2) is 0 Å². The van der Waals surface area contributed by atoms with Crippen molar-refractivity contribution in [2.75, 3.05) is 5.32 Å². The molecule has 0 spiro atoms. The molecule has 0 aromatic heterocycles. The molecule has 2 aromatic rings. The van der Waals surface area contributed by atoms with Gasteiger partial charge in [0.05, 0.1) is 10.3 Å². The summed E-state index contributed by atoms with van der Waals surface area (Å²) < 4.78 is 24.5. The average molecular weight is 425 g/mol. The van der Waals surface area contributed by atoms with Crippen molar-refractivity contribution in [3.05, 3.63) is 58.1 Å². The molecule has 5 nitrogen and oxygen atoms in total. The lowest BCUT2D eigenvalue weighted by Crippen LogP contribution is -2.34. The van der Waals surface area contributed by atoms with Crippen LogP contribution in [-0.2, 0) is 26.7 Å². The van der Waals surface area contributed by atoms with Gasteiger partial charge in [0, 0.05) is 10.2 Å². The van der Waals surface area contributed by atoms with Gasteiger partial charge < -0.3 is 5.32 Å². The number of hydrogen-bond acceptors (Lipinski definition) is 3. The fraction of sp³-hybridized carbons (Fsp3) is 0.278. The number of aryl methyl sites for hydroxylation is 1. The first kappa shape index (κ1) is 19.6. The van der Waals surface area contributed by atoms with Crippen LogP contribution in [0.1, 0.15) is 31.9 Å². The van der Waals surface area contributed by atoms with Crippen molar-refractivity contribution in [1.29, 1.82) is 0 Å². The van der Waals surface area contributed by atoms with Crippen LogP contribution in [0.5, 0.6) is 0 Å². The van der Waals surface area contributed by atoms with E-state index in [0.29, 0.717) is 17.7 Å². The van der Waals surface area contributed by atoms with Crippen molar-refractivity contribution >= 4 is 37.5 Å². The molecule has 0 unspecified atom stereocenters. The van der Waals surface area contributed by atoms with E-state index < -0.39 is 15.4 Å². The number of sulfonamides is 1. The van der Waals surface area contributed by atoms with E-state index in [4.69, 9.17) is 5.14 Å². The lowest BCUT2D eigenvalue weighted by atomic mass is 9.83. The molecule has 0 aliphatic rings. The molecule has 0 aliphatic carbocycles. The summed E-state index contributed by atoms with van der Waals surface area (Å²) in [7, 11) is -3.85. The number of nitrogens with two attached hydrogens (primary N) is 1. The highest BCUT2D eigenvalue weighted by Crippen LogP contribution is 2.27. The monoisotopic (exact) mass is 424 g/mol. The predicted molar refractivity (Wildman–Crippen MR) is 103 cm³/mol. The number of carbonyl (C=O) groups excluding carboxylic acids is 1. The summed E-state index contributed by atoms with van der Waals surface area (Å²) in [5.74, 6) is -0.237. The van der Waals surface area contributed by atoms with Crippen molar-refractivity contribution in [3.63, 3.8) is 0 Å². The minimum absolute atomic E-state index is 0.0363. The topological polar surface area (TPSA) is 89.3 Å². The van der Waals surface area contributed by atoms with Crippen LogP contribution in [0.2, 0.25) is 0 Å². The van der Waals surface area contributed by atoms with Gasteiger partial charge in [0.25, 0.3) is 0 Å². The number of carbonyl (C=O) groups is 1. The SMILES string of the molecule is CCc1ccc(NC(=O)C(C)(C)c2ccc(Br)cc2)cc1S(N)(=O)=O. The van der Waals surface area contributed by atoms with Crippen molar-refractivity contribution in [3.8, 4) is 0 Å². The van der Waals surface area contributed by atoms with Gasteiger partial charge >= 0.3 is 0 Å². The highest BCUT2D eigenvalue weighted by atomic mass is 79.9. The van der Waals surface area contributed by atoms with Gasteiger partial charge in [0.2, 0.25) is 15.9 Å². The number of benzene rings is 2. The van der Waals surface area contributed by atoms with E-state index in [1.807, 2.05) is 45.0 Å². The maximum Gasteiger partial charge on any atom is 0.238 e. The van der Waals surface area contributed by atoms with Crippen molar-refractivity contribution in [2.45, 2.75) is 37.5 Å². The Morgan fingerprint density at radius 2 is 1.76 bits per heavy atom. The lowest BCUT2D eigenvalue weighted by molar-refractivity contribution is -0.120. The van der Waals surface area contributed by atoms with Crippen LogP contribution in [0.3, 0.4) is 0 Å². The largest absolute Gasteiger partial charge is 0.325 e. The third-order valence-electron chi connectivity index (χ3n) is 4.15. The molecule has 1 amide bonds. The van der Waals surface area contributed by atoms with Crippen LogP contribution in [0.4, 0.5) is 5.69 Å². The number of anilines is 1. The predicted octanol–water partition coefficient (Wildman–Crippen LogP) is 3.58. The second-order valence-corrected chi connectivity index (χ2v) is 8.75. The summed E-state index contributed by atoms with van der Waals surface area (Å²) >= 11 is 3.37. The van der Waals surface area contributed by atoms with Gasteiger partial charge in [-0.05, 0) is 55.7 Å². The molecule has 0 fully saturated rings. The van der Waals surface area contributed by atoms with Crippen LogP contribution < -0.4 is 10.5 Å². The number of halogens is 1. The zero-order chi connectivity index (χ0) is 18.8. The molecule has 0 saturated carbocycles. The molecular formula is C18H21BrN2O3S. The van der Waals surface area contributed by atoms with E-state index in [9.17, 15) is 13.2 Å². The molecule has 2 rings (SSSR count). The number of hydrogen-bond donors (Lipinski definition) is 2. The van der Waals surface area contributed by atoms with E-state index in [1.54, 1.807) is 12.1 Å². The number of nitrogens with one attached hydrogen (secondary N) is 1. The van der Waals surface area contributed by atoms with Crippen LogP contribution in [0.25, 0.3) is 0 Å². The first-order valence-corrected chi connectivity index (χ1v) is 10.1. The number of amides is 1. The Labute approximate surface area is 156 Å². The Balaban J connectivity index is 2.32. The van der Waals surface area contributed by atoms with Crippen molar-refractivity contribution < 1.29 is 13.2 Å². The molecule has 134 valence electrons. The van der Waals surface area contributed by atoms with Crippen molar-refractivity contribution in [2.24, 2.45) is 5.14 Å². The molecule has 0 radical (unpaired) electrons. The third kappa shape index (κ3) is 4.48. The van der Waals surface area contributed by atoms with Crippen LogP contribution in [-0.4, -0.2) is 14.3 Å². The summed E-state index contributed by atoms with van der Waals surface area (Å²) in [6, 6.07) is 12.3. The minimum Gasteiger partial charge on any atom is -0.325 e. The van der Waals surface area contributed by atoms with Gasteiger partial charge in [-0.15, -0.1) is 0 Å². The molecule has 0 atom stereocenters. The normalized spacial score (nSPS) is 12.0. The Kier molecular flexibility index (Phi) is 5.71. The van der Waals surface area contributed by atoms with E-state index in [1.165, 1.54) is 6.07 Å². The summed E-state index contributed by atoms with van der Waals surface area (Å²) in [4.78, 5) is 12.8. The third-order valence-corrected chi connectivity index (χ3v) is 5.67. The molecule has 0 saturated heterocycles. The molecule has 3 N–H and O–H groups in total. The summed E-state index contributed by atoms with van der Waals surface area (Å²) in [5, 5.41) is 8.07. The Morgan fingerprint density at radius 1 is 1.16 bits per heavy atom. The zero-order valence-electron chi connectivity index (χ0n) is 14.3. The molecule has 7 heteroatoms. The molecule has 0 bridgehead atoms. The molecule has 25 heavy (non-hydrogen) atoms. The van der Waals surface area contributed by atoms with E-state index in [2.05, 4.69) is 21.2 Å². The summed E-state index contributed by atoms with van der Waals surface area (Å²) in [6.07, 6.45) is 0.532. The Hall–Kier alpha value is -1.70. The molecule has 0 heterocycles. The van der Waals surface area contributed by atoms with Gasteiger partial charge in [-0.2, -0.15) is 0 Å². The highest BCUT2D eigenvalue weighted by molar-refractivity contribution is 9.10. The molecule has 2 aromatic carbocycles. The Bertz CT molecular complexity index is 891. The maximum absolute atomic E-state index is 12.7.